The van der Waals surface area contributed by atoms with E-state index in [1.165, 1.54) is 26.2 Å². The number of hydrogen-bond donors (Lipinski definition) is 1. The average molecular weight is 242 g/mol. The maximum Gasteiger partial charge on any atom is 0.342 e. The van der Waals surface area contributed by atoms with E-state index in [2.05, 4.69) is 0 Å². The van der Waals surface area contributed by atoms with Gasteiger partial charge < -0.3 is 14.6 Å². The van der Waals surface area contributed by atoms with Gasteiger partial charge >= 0.3 is 5.97 Å². The Bertz CT molecular complexity index is 415. The number of carbonyl (C=O) groups is 1. The van der Waals surface area contributed by atoms with Gasteiger partial charge in [-0.3, -0.25) is 0 Å². The SMILES string of the molecule is CCOC(=O)C(C)(O)c1cc(F)ccc1OC. The van der Waals surface area contributed by atoms with Crippen molar-refractivity contribution in [3.8, 4) is 5.75 Å². The Kier molecular flexibility index (Phi) is 4.07. The number of ether oxygens (including phenoxy) is 2. The van der Waals surface area contributed by atoms with Crippen LogP contribution in [0, 0.1) is 5.82 Å². The lowest BCUT2D eigenvalue weighted by Gasteiger charge is -2.23. The van der Waals surface area contributed by atoms with Crippen molar-refractivity contribution in [2.45, 2.75) is 19.4 Å². The lowest BCUT2D eigenvalue weighted by Crippen LogP contribution is -2.34. The van der Waals surface area contributed by atoms with Crippen LogP contribution < -0.4 is 4.74 Å². The maximum atomic E-state index is 13.1. The normalized spacial score (nSPS) is 13.9. The first-order valence-corrected chi connectivity index (χ1v) is 5.17. The van der Waals surface area contributed by atoms with E-state index in [0.29, 0.717) is 0 Å². The molecule has 1 rings (SSSR count). The van der Waals surface area contributed by atoms with E-state index in [9.17, 15) is 14.3 Å². The number of rotatable bonds is 4. The van der Waals surface area contributed by atoms with Crippen LogP contribution in [0.25, 0.3) is 0 Å². The van der Waals surface area contributed by atoms with Crippen molar-refractivity contribution < 1.29 is 23.8 Å². The number of hydrogen-bond acceptors (Lipinski definition) is 4. The van der Waals surface area contributed by atoms with Crippen LogP contribution in [0.2, 0.25) is 0 Å². The smallest absolute Gasteiger partial charge is 0.342 e. The van der Waals surface area contributed by atoms with Gasteiger partial charge in [0, 0.05) is 5.56 Å². The molecule has 5 heteroatoms. The van der Waals surface area contributed by atoms with Crippen molar-refractivity contribution >= 4 is 5.97 Å². The van der Waals surface area contributed by atoms with Gasteiger partial charge in [0.05, 0.1) is 13.7 Å². The van der Waals surface area contributed by atoms with Gasteiger partial charge in [-0.15, -0.1) is 0 Å². The van der Waals surface area contributed by atoms with Gasteiger partial charge in [-0.2, -0.15) is 0 Å². The summed E-state index contributed by atoms with van der Waals surface area (Å²) in [7, 11) is 1.37. The van der Waals surface area contributed by atoms with Crippen molar-refractivity contribution in [1.82, 2.24) is 0 Å². The standard InChI is InChI=1S/C12H15FO4/c1-4-17-11(14)12(2,15)9-7-8(13)5-6-10(9)16-3/h5-7,15H,4H2,1-3H3. The molecule has 17 heavy (non-hydrogen) atoms. The number of carbonyl (C=O) groups excluding carboxylic acids is 1. The van der Waals surface area contributed by atoms with Gasteiger partial charge in [0.25, 0.3) is 0 Å². The Hall–Kier alpha value is -1.62. The van der Waals surface area contributed by atoms with Gasteiger partial charge in [0.15, 0.2) is 5.60 Å². The number of benzene rings is 1. The zero-order chi connectivity index (χ0) is 13.1. The molecule has 0 spiro atoms. The summed E-state index contributed by atoms with van der Waals surface area (Å²) in [5.41, 5.74) is -1.90. The summed E-state index contributed by atoms with van der Waals surface area (Å²) in [6.45, 7) is 2.99. The second kappa shape index (κ2) is 5.14. The molecule has 0 heterocycles. The Morgan fingerprint density at radius 3 is 2.71 bits per heavy atom. The molecule has 1 atom stereocenters. The molecule has 1 unspecified atom stereocenters. The Morgan fingerprint density at radius 1 is 1.53 bits per heavy atom. The predicted molar refractivity (Wildman–Crippen MR) is 59.2 cm³/mol. The molecule has 1 aromatic rings. The molecule has 0 saturated heterocycles. The van der Waals surface area contributed by atoms with Crippen molar-refractivity contribution in [1.29, 1.82) is 0 Å². The zero-order valence-corrected chi connectivity index (χ0v) is 9.99. The summed E-state index contributed by atoms with van der Waals surface area (Å²) in [4.78, 5) is 11.6. The number of esters is 1. The molecule has 0 aliphatic heterocycles. The summed E-state index contributed by atoms with van der Waals surface area (Å²) < 4.78 is 22.9. The zero-order valence-electron chi connectivity index (χ0n) is 9.99. The fourth-order valence-corrected chi connectivity index (χ4v) is 1.44. The summed E-state index contributed by atoms with van der Waals surface area (Å²) in [6, 6.07) is 3.58. The van der Waals surface area contributed by atoms with Gasteiger partial charge in [-0.05, 0) is 32.0 Å². The quantitative estimate of drug-likeness (QED) is 0.815. The van der Waals surface area contributed by atoms with Crippen molar-refractivity contribution in [3.05, 3.63) is 29.6 Å². The van der Waals surface area contributed by atoms with Gasteiger partial charge in [0.1, 0.15) is 11.6 Å². The summed E-state index contributed by atoms with van der Waals surface area (Å²) in [6.07, 6.45) is 0. The van der Waals surface area contributed by atoms with Crippen LogP contribution in [0.15, 0.2) is 18.2 Å². The molecule has 0 aromatic heterocycles. The third kappa shape index (κ3) is 2.74. The van der Waals surface area contributed by atoms with E-state index in [1.807, 2.05) is 0 Å². The van der Waals surface area contributed by atoms with Crippen molar-refractivity contribution in [3.63, 3.8) is 0 Å². The van der Waals surface area contributed by atoms with Gasteiger partial charge in [0.2, 0.25) is 0 Å². The summed E-state index contributed by atoms with van der Waals surface area (Å²) >= 11 is 0. The Labute approximate surface area is 99.0 Å². The third-order valence-electron chi connectivity index (χ3n) is 2.36. The van der Waals surface area contributed by atoms with E-state index < -0.39 is 17.4 Å². The van der Waals surface area contributed by atoms with Crippen LogP contribution in [0.3, 0.4) is 0 Å². The molecule has 0 fully saturated rings. The van der Waals surface area contributed by atoms with E-state index >= 15 is 0 Å². The Morgan fingerprint density at radius 2 is 2.18 bits per heavy atom. The topological polar surface area (TPSA) is 55.8 Å². The highest BCUT2D eigenvalue weighted by atomic mass is 19.1. The summed E-state index contributed by atoms with van der Waals surface area (Å²) in [5, 5.41) is 10.1. The lowest BCUT2D eigenvalue weighted by atomic mass is 9.95. The molecule has 4 nitrogen and oxygen atoms in total. The van der Waals surface area contributed by atoms with E-state index in [4.69, 9.17) is 9.47 Å². The minimum atomic E-state index is -1.94. The van der Waals surface area contributed by atoms with Crippen LogP contribution >= 0.6 is 0 Å². The molecule has 0 aliphatic carbocycles. The van der Waals surface area contributed by atoms with Crippen LogP contribution in [0.4, 0.5) is 4.39 Å². The van der Waals surface area contributed by atoms with Crippen molar-refractivity contribution in [2.24, 2.45) is 0 Å². The average Bonchev–Trinajstić information content (AvgIpc) is 2.29. The molecule has 0 amide bonds. The van der Waals surface area contributed by atoms with Crippen LogP contribution in [0.5, 0.6) is 5.75 Å². The highest BCUT2D eigenvalue weighted by Crippen LogP contribution is 2.31. The second-order valence-corrected chi connectivity index (χ2v) is 3.64. The molecule has 1 N–H and O–H groups in total. The fraction of sp³-hybridized carbons (Fsp3) is 0.417. The molecule has 1 aromatic carbocycles. The van der Waals surface area contributed by atoms with Gasteiger partial charge in [-0.1, -0.05) is 0 Å². The first-order chi connectivity index (χ1) is 7.93. The molecule has 0 radical (unpaired) electrons. The molecule has 0 saturated carbocycles. The monoisotopic (exact) mass is 242 g/mol. The van der Waals surface area contributed by atoms with Crippen molar-refractivity contribution in [2.75, 3.05) is 13.7 Å². The van der Waals surface area contributed by atoms with Gasteiger partial charge in [-0.25, -0.2) is 9.18 Å². The van der Waals surface area contributed by atoms with E-state index in [0.717, 1.165) is 6.07 Å². The van der Waals surface area contributed by atoms with E-state index in [1.54, 1.807) is 6.92 Å². The summed E-state index contributed by atoms with van der Waals surface area (Å²) in [5.74, 6) is -1.18. The number of methoxy groups -OCH3 is 1. The predicted octanol–water partition coefficient (Wildman–Crippen LogP) is 1.60. The highest BCUT2D eigenvalue weighted by molar-refractivity contribution is 5.81. The van der Waals surface area contributed by atoms with E-state index in [-0.39, 0.29) is 17.9 Å². The molecule has 94 valence electrons. The third-order valence-corrected chi connectivity index (χ3v) is 2.36. The number of aliphatic hydroxyl groups is 1. The fourth-order valence-electron chi connectivity index (χ4n) is 1.44. The molecular weight excluding hydrogens is 227 g/mol. The first-order valence-electron chi connectivity index (χ1n) is 5.17. The maximum absolute atomic E-state index is 13.1. The molecule has 0 bridgehead atoms. The molecular formula is C12H15FO4. The minimum Gasteiger partial charge on any atom is -0.496 e. The van der Waals surface area contributed by atoms with Crippen LogP contribution in [-0.2, 0) is 15.1 Å². The minimum absolute atomic E-state index is 0.0402. The van der Waals surface area contributed by atoms with Crippen LogP contribution in [-0.4, -0.2) is 24.8 Å². The van der Waals surface area contributed by atoms with Crippen LogP contribution in [0.1, 0.15) is 19.4 Å². The second-order valence-electron chi connectivity index (χ2n) is 3.64. The molecule has 0 aliphatic rings. The Balaban J connectivity index is 3.21. The highest BCUT2D eigenvalue weighted by Gasteiger charge is 2.37. The lowest BCUT2D eigenvalue weighted by molar-refractivity contribution is -0.164. The number of halogens is 1. The largest absolute Gasteiger partial charge is 0.496 e. The first kappa shape index (κ1) is 13.4.